The molecule has 3 rings (SSSR count). The van der Waals surface area contributed by atoms with Crippen LogP contribution in [0.3, 0.4) is 0 Å². The van der Waals surface area contributed by atoms with E-state index in [0.717, 1.165) is 4.90 Å². The number of rotatable bonds is 3. The van der Waals surface area contributed by atoms with Crippen LogP contribution in [-0.4, -0.2) is 23.8 Å². The second kappa shape index (κ2) is 5.14. The molecular formula is C15H11FN2O2S. The molecule has 1 aliphatic rings. The Morgan fingerprint density at radius 2 is 1.95 bits per heavy atom. The van der Waals surface area contributed by atoms with Gasteiger partial charge in [-0.1, -0.05) is 12.1 Å². The number of likely N-dealkylation sites (N-methyl/N-ethyl adjacent to an activating group) is 1. The van der Waals surface area contributed by atoms with Gasteiger partial charge in [0.05, 0.1) is 5.57 Å². The largest absolute Gasteiger partial charge is 0.350 e. The van der Waals surface area contributed by atoms with Gasteiger partial charge in [-0.3, -0.25) is 14.5 Å². The van der Waals surface area contributed by atoms with Gasteiger partial charge in [-0.15, -0.1) is 11.3 Å². The van der Waals surface area contributed by atoms with E-state index in [9.17, 15) is 14.0 Å². The van der Waals surface area contributed by atoms with Gasteiger partial charge in [0.25, 0.3) is 11.8 Å². The molecule has 106 valence electrons. The summed E-state index contributed by atoms with van der Waals surface area (Å²) in [7, 11) is 1.43. The normalized spacial score (nSPS) is 15.0. The Morgan fingerprint density at radius 1 is 1.14 bits per heavy atom. The fourth-order valence-electron chi connectivity index (χ4n) is 2.12. The summed E-state index contributed by atoms with van der Waals surface area (Å²) in [5, 5.41) is 4.70. The highest BCUT2D eigenvalue weighted by molar-refractivity contribution is 7.11. The second-order valence-electron chi connectivity index (χ2n) is 4.53. The number of hydrogen-bond donors (Lipinski definition) is 1. The number of nitrogens with one attached hydrogen (secondary N) is 1. The van der Waals surface area contributed by atoms with Crippen molar-refractivity contribution in [1.29, 1.82) is 0 Å². The molecule has 0 spiro atoms. The first kappa shape index (κ1) is 13.5. The minimum absolute atomic E-state index is 0.176. The minimum atomic E-state index is -0.423. The fraction of sp³-hybridized carbons (Fsp3) is 0.0667. The van der Waals surface area contributed by atoms with Crippen LogP contribution in [0, 0.1) is 5.82 Å². The molecule has 1 aromatic carbocycles. The van der Waals surface area contributed by atoms with E-state index < -0.39 is 11.7 Å². The molecule has 0 bridgehead atoms. The van der Waals surface area contributed by atoms with Gasteiger partial charge in [0.1, 0.15) is 11.5 Å². The van der Waals surface area contributed by atoms with Crippen LogP contribution in [0.5, 0.6) is 0 Å². The standard InChI is InChI=1S/C15H11FN2O2S/c1-18-14(19)12(11-6-3-7-21-11)13(15(18)20)17-10-5-2-4-9(16)8-10/h2-8,17H,1H3. The average Bonchev–Trinajstić information content (AvgIpc) is 3.04. The highest BCUT2D eigenvalue weighted by Gasteiger charge is 2.37. The quantitative estimate of drug-likeness (QED) is 0.887. The Hall–Kier alpha value is -2.47. The molecule has 2 aromatic rings. The maximum Gasteiger partial charge on any atom is 0.277 e. The van der Waals surface area contributed by atoms with Crippen LogP contribution in [0.25, 0.3) is 5.57 Å². The van der Waals surface area contributed by atoms with Crippen molar-refractivity contribution in [3.63, 3.8) is 0 Å². The molecule has 1 N–H and O–H groups in total. The molecule has 1 aliphatic heterocycles. The Balaban J connectivity index is 2.07. The zero-order chi connectivity index (χ0) is 15.0. The molecule has 2 amide bonds. The van der Waals surface area contributed by atoms with E-state index in [1.165, 1.54) is 36.6 Å². The molecule has 0 unspecified atom stereocenters. The van der Waals surface area contributed by atoms with Crippen molar-refractivity contribution < 1.29 is 14.0 Å². The molecule has 4 nitrogen and oxygen atoms in total. The Bertz CT molecular complexity index is 753. The van der Waals surface area contributed by atoms with E-state index >= 15 is 0 Å². The van der Waals surface area contributed by atoms with Gasteiger partial charge in [-0.25, -0.2) is 4.39 Å². The fourth-order valence-corrected chi connectivity index (χ4v) is 2.89. The van der Waals surface area contributed by atoms with Crippen LogP contribution in [0.1, 0.15) is 4.88 Å². The second-order valence-corrected chi connectivity index (χ2v) is 5.48. The molecular weight excluding hydrogens is 291 g/mol. The van der Waals surface area contributed by atoms with Gasteiger partial charge in [-0.05, 0) is 29.6 Å². The molecule has 0 atom stereocenters. The number of halogens is 1. The van der Waals surface area contributed by atoms with Crippen molar-refractivity contribution in [2.75, 3.05) is 12.4 Å². The topological polar surface area (TPSA) is 49.4 Å². The monoisotopic (exact) mass is 302 g/mol. The predicted octanol–water partition coefficient (Wildman–Crippen LogP) is 2.71. The maximum atomic E-state index is 13.2. The van der Waals surface area contributed by atoms with Gasteiger partial charge in [0, 0.05) is 17.6 Å². The van der Waals surface area contributed by atoms with E-state index in [1.54, 1.807) is 12.1 Å². The first-order chi connectivity index (χ1) is 10.1. The van der Waals surface area contributed by atoms with Gasteiger partial charge < -0.3 is 5.32 Å². The van der Waals surface area contributed by atoms with Gasteiger partial charge >= 0.3 is 0 Å². The Kier molecular flexibility index (Phi) is 3.31. The predicted molar refractivity (Wildman–Crippen MR) is 79.0 cm³/mol. The maximum absolute atomic E-state index is 13.2. The molecule has 0 radical (unpaired) electrons. The summed E-state index contributed by atoms with van der Waals surface area (Å²) >= 11 is 1.37. The van der Waals surface area contributed by atoms with Crippen molar-refractivity contribution in [3.05, 3.63) is 58.2 Å². The van der Waals surface area contributed by atoms with Crippen LogP contribution >= 0.6 is 11.3 Å². The third-order valence-corrected chi connectivity index (χ3v) is 4.04. The first-order valence-electron chi connectivity index (χ1n) is 6.21. The molecule has 2 heterocycles. The average molecular weight is 302 g/mol. The number of anilines is 1. The molecule has 6 heteroatoms. The number of benzene rings is 1. The van der Waals surface area contributed by atoms with Crippen LogP contribution in [0.4, 0.5) is 10.1 Å². The van der Waals surface area contributed by atoms with Crippen molar-refractivity contribution in [2.45, 2.75) is 0 Å². The van der Waals surface area contributed by atoms with E-state index in [-0.39, 0.29) is 11.6 Å². The number of thiophene rings is 1. The number of nitrogens with zero attached hydrogens (tertiary/aromatic N) is 1. The van der Waals surface area contributed by atoms with Crippen molar-refractivity contribution in [3.8, 4) is 0 Å². The van der Waals surface area contributed by atoms with Crippen molar-refractivity contribution >= 4 is 34.4 Å². The zero-order valence-electron chi connectivity index (χ0n) is 11.1. The summed E-state index contributed by atoms with van der Waals surface area (Å²) in [4.78, 5) is 26.2. The minimum Gasteiger partial charge on any atom is -0.350 e. The lowest BCUT2D eigenvalue weighted by atomic mass is 10.2. The third-order valence-electron chi connectivity index (χ3n) is 3.15. The highest BCUT2D eigenvalue weighted by Crippen LogP contribution is 2.31. The van der Waals surface area contributed by atoms with Gasteiger partial charge in [0.15, 0.2) is 0 Å². The van der Waals surface area contributed by atoms with Crippen molar-refractivity contribution in [1.82, 2.24) is 4.90 Å². The third kappa shape index (κ3) is 2.34. The Morgan fingerprint density at radius 3 is 2.62 bits per heavy atom. The summed E-state index contributed by atoms with van der Waals surface area (Å²) in [6, 6.07) is 9.34. The summed E-state index contributed by atoms with van der Waals surface area (Å²) in [5.41, 5.74) is 0.924. The lowest BCUT2D eigenvalue weighted by Crippen LogP contribution is -2.27. The number of imide groups is 1. The van der Waals surface area contributed by atoms with Crippen LogP contribution < -0.4 is 5.32 Å². The molecule has 1 aromatic heterocycles. The molecule has 0 saturated carbocycles. The number of carbonyl (C=O) groups excluding carboxylic acids is 2. The van der Waals surface area contributed by atoms with E-state index in [2.05, 4.69) is 5.32 Å². The summed E-state index contributed by atoms with van der Waals surface area (Å²) < 4.78 is 13.2. The van der Waals surface area contributed by atoms with E-state index in [0.29, 0.717) is 16.1 Å². The summed E-state index contributed by atoms with van der Waals surface area (Å²) in [6.45, 7) is 0. The zero-order valence-corrected chi connectivity index (χ0v) is 11.9. The first-order valence-corrected chi connectivity index (χ1v) is 7.09. The number of hydrogen-bond acceptors (Lipinski definition) is 4. The number of carbonyl (C=O) groups is 2. The van der Waals surface area contributed by atoms with Gasteiger partial charge in [-0.2, -0.15) is 0 Å². The molecule has 0 saturated heterocycles. The molecule has 0 aliphatic carbocycles. The summed E-state index contributed by atoms with van der Waals surface area (Å²) in [5.74, 6) is -1.20. The van der Waals surface area contributed by atoms with Crippen LogP contribution in [0.15, 0.2) is 47.5 Å². The van der Waals surface area contributed by atoms with E-state index in [4.69, 9.17) is 0 Å². The van der Waals surface area contributed by atoms with Crippen LogP contribution in [-0.2, 0) is 9.59 Å². The van der Waals surface area contributed by atoms with E-state index in [1.807, 2.05) is 11.4 Å². The lowest BCUT2D eigenvalue weighted by Gasteiger charge is -2.08. The highest BCUT2D eigenvalue weighted by atomic mass is 32.1. The van der Waals surface area contributed by atoms with Gasteiger partial charge in [0.2, 0.25) is 0 Å². The SMILES string of the molecule is CN1C(=O)C(Nc2cccc(F)c2)=C(c2cccs2)C1=O. The smallest absolute Gasteiger partial charge is 0.277 e. The summed E-state index contributed by atoms with van der Waals surface area (Å²) in [6.07, 6.45) is 0. The Labute approximate surface area is 124 Å². The number of amides is 2. The molecule has 21 heavy (non-hydrogen) atoms. The van der Waals surface area contributed by atoms with Crippen molar-refractivity contribution in [2.24, 2.45) is 0 Å². The van der Waals surface area contributed by atoms with Crippen LogP contribution in [0.2, 0.25) is 0 Å². The molecule has 0 fully saturated rings. The lowest BCUT2D eigenvalue weighted by molar-refractivity contribution is -0.135.